The van der Waals surface area contributed by atoms with E-state index in [-0.39, 0.29) is 11.4 Å². The van der Waals surface area contributed by atoms with Gasteiger partial charge in [-0.3, -0.25) is 10.2 Å². The Kier molecular flexibility index (Phi) is 1.70. The minimum absolute atomic E-state index is 0.0156. The highest BCUT2D eigenvalue weighted by Gasteiger charge is 2.13. The quantitative estimate of drug-likeness (QED) is 0.361. The molecule has 1 rings (SSSR count). The lowest BCUT2D eigenvalue weighted by atomic mass is 10.3. The van der Waals surface area contributed by atoms with Crippen LogP contribution < -0.4 is 10.9 Å². The summed E-state index contributed by atoms with van der Waals surface area (Å²) >= 11 is 5.56. The summed E-state index contributed by atoms with van der Waals surface area (Å²) in [4.78, 5) is 10.4. The molecule has 1 amide bonds. The van der Waals surface area contributed by atoms with Crippen LogP contribution in [-0.4, -0.2) is 11.4 Å². The Morgan fingerprint density at radius 3 is 2.88 bits per heavy atom. The molecule has 0 aromatic rings. The van der Waals surface area contributed by atoms with Crippen molar-refractivity contribution >= 4 is 17.5 Å². The van der Waals surface area contributed by atoms with Gasteiger partial charge in [0.05, 0.1) is 0 Å². The number of halogens is 1. The molecule has 1 heterocycles. The molecule has 1 unspecified atom stereocenters. The monoisotopic (exact) mass is 134 g/mol. The van der Waals surface area contributed by atoms with Gasteiger partial charge in [-0.15, -0.1) is 11.6 Å². The normalized spacial score (nSPS) is 29.6. The molecule has 46 valence electrons. The van der Waals surface area contributed by atoms with Gasteiger partial charge in [-0.2, -0.15) is 0 Å². The van der Waals surface area contributed by atoms with Crippen molar-refractivity contribution in [2.24, 2.45) is 0 Å². The van der Waals surface area contributed by atoms with E-state index in [1.807, 2.05) is 0 Å². The Morgan fingerprint density at radius 2 is 2.50 bits per heavy atom. The van der Waals surface area contributed by atoms with Crippen LogP contribution in [0.25, 0.3) is 0 Å². The third kappa shape index (κ3) is 1.35. The van der Waals surface area contributed by atoms with Crippen molar-refractivity contribution in [3.05, 3.63) is 0 Å². The molecule has 0 aromatic heterocycles. The van der Waals surface area contributed by atoms with Crippen LogP contribution in [0.1, 0.15) is 12.8 Å². The summed E-state index contributed by atoms with van der Waals surface area (Å²) in [5.41, 5.74) is 4.92. The molecule has 0 saturated carbocycles. The zero-order chi connectivity index (χ0) is 5.98. The number of alkyl halides is 1. The number of carbonyl (C=O) groups excluding carboxylic acids is 1. The van der Waals surface area contributed by atoms with E-state index < -0.39 is 0 Å². The van der Waals surface area contributed by atoms with Crippen molar-refractivity contribution in [1.82, 2.24) is 10.9 Å². The van der Waals surface area contributed by atoms with Gasteiger partial charge >= 0.3 is 0 Å². The molecule has 1 aliphatic heterocycles. The third-order valence-electron chi connectivity index (χ3n) is 0.993. The van der Waals surface area contributed by atoms with E-state index in [4.69, 9.17) is 11.6 Å². The largest absolute Gasteiger partial charge is 0.290 e. The van der Waals surface area contributed by atoms with E-state index in [0.29, 0.717) is 12.8 Å². The Balaban J connectivity index is 2.29. The number of amides is 1. The predicted octanol–water partition coefficient (Wildman–Crippen LogP) is -0.0341. The van der Waals surface area contributed by atoms with Crippen LogP contribution in [-0.2, 0) is 4.79 Å². The van der Waals surface area contributed by atoms with Gasteiger partial charge < -0.3 is 0 Å². The van der Waals surface area contributed by atoms with Crippen molar-refractivity contribution in [3.8, 4) is 0 Å². The summed E-state index contributed by atoms with van der Waals surface area (Å²) in [5.74, 6) is 0.0156. The molecule has 8 heavy (non-hydrogen) atoms. The standard InChI is InChI=1S/C4H7ClN2O/c5-3-1-2-4(8)7-6-3/h3,6H,1-2H2,(H,7,8). The Bertz CT molecular complexity index is 96.2. The number of rotatable bonds is 0. The highest BCUT2D eigenvalue weighted by atomic mass is 35.5. The van der Waals surface area contributed by atoms with Crippen molar-refractivity contribution in [1.29, 1.82) is 0 Å². The Morgan fingerprint density at radius 1 is 1.75 bits per heavy atom. The molecule has 1 fully saturated rings. The minimum atomic E-state index is -0.0901. The van der Waals surface area contributed by atoms with Crippen LogP contribution in [0.5, 0.6) is 0 Å². The fraction of sp³-hybridized carbons (Fsp3) is 0.750. The summed E-state index contributed by atoms with van der Waals surface area (Å²) in [6.45, 7) is 0. The zero-order valence-electron chi connectivity index (χ0n) is 4.28. The van der Waals surface area contributed by atoms with Crippen LogP contribution in [0.2, 0.25) is 0 Å². The average molecular weight is 135 g/mol. The van der Waals surface area contributed by atoms with E-state index in [0.717, 1.165) is 0 Å². The molecule has 1 aliphatic rings. The summed E-state index contributed by atoms with van der Waals surface area (Å²) in [6.07, 6.45) is 1.24. The van der Waals surface area contributed by atoms with Gasteiger partial charge in [0.25, 0.3) is 0 Å². The lowest BCUT2D eigenvalue weighted by molar-refractivity contribution is -0.123. The fourth-order valence-corrected chi connectivity index (χ4v) is 0.715. The molecule has 0 aliphatic carbocycles. The van der Waals surface area contributed by atoms with Gasteiger partial charge in [0, 0.05) is 6.42 Å². The number of carbonyl (C=O) groups is 1. The third-order valence-corrected chi connectivity index (χ3v) is 1.32. The lowest BCUT2D eigenvalue weighted by Gasteiger charge is -2.17. The van der Waals surface area contributed by atoms with Crippen LogP contribution in [0.3, 0.4) is 0 Å². The number of hydrogen-bond acceptors (Lipinski definition) is 2. The summed E-state index contributed by atoms with van der Waals surface area (Å²) in [5, 5.41) is 0. The summed E-state index contributed by atoms with van der Waals surface area (Å²) in [7, 11) is 0. The maximum Gasteiger partial charge on any atom is 0.234 e. The molecule has 0 bridgehead atoms. The van der Waals surface area contributed by atoms with Gasteiger partial charge in [0.15, 0.2) is 0 Å². The maximum atomic E-state index is 10.4. The molecule has 2 N–H and O–H groups in total. The van der Waals surface area contributed by atoms with Gasteiger partial charge in [-0.25, -0.2) is 5.43 Å². The Labute approximate surface area is 52.4 Å². The first-order valence-corrected chi connectivity index (χ1v) is 2.91. The number of hydrazine groups is 1. The van der Waals surface area contributed by atoms with E-state index in [2.05, 4.69) is 10.9 Å². The van der Waals surface area contributed by atoms with E-state index >= 15 is 0 Å². The Hall–Kier alpha value is -0.280. The van der Waals surface area contributed by atoms with Crippen molar-refractivity contribution in [2.45, 2.75) is 18.3 Å². The van der Waals surface area contributed by atoms with E-state index in [1.54, 1.807) is 0 Å². The average Bonchev–Trinajstić information content (AvgIpc) is 1.77. The van der Waals surface area contributed by atoms with Crippen molar-refractivity contribution in [2.75, 3.05) is 0 Å². The van der Waals surface area contributed by atoms with Crippen LogP contribution in [0.4, 0.5) is 0 Å². The zero-order valence-corrected chi connectivity index (χ0v) is 5.03. The first-order valence-electron chi connectivity index (χ1n) is 2.47. The molecular weight excluding hydrogens is 128 g/mol. The molecule has 1 saturated heterocycles. The topological polar surface area (TPSA) is 41.1 Å². The number of hydrogen-bond donors (Lipinski definition) is 2. The molecule has 3 nitrogen and oxygen atoms in total. The van der Waals surface area contributed by atoms with Crippen LogP contribution in [0.15, 0.2) is 0 Å². The van der Waals surface area contributed by atoms with Gasteiger partial charge in [0.1, 0.15) is 5.50 Å². The SMILES string of the molecule is O=C1CCC(Cl)NN1. The predicted molar refractivity (Wildman–Crippen MR) is 30.2 cm³/mol. The van der Waals surface area contributed by atoms with E-state index in [9.17, 15) is 4.79 Å². The molecule has 0 radical (unpaired) electrons. The molecule has 1 atom stereocenters. The van der Waals surface area contributed by atoms with Gasteiger partial charge in [0.2, 0.25) is 5.91 Å². The van der Waals surface area contributed by atoms with Crippen LogP contribution >= 0.6 is 11.6 Å². The first kappa shape index (κ1) is 5.85. The van der Waals surface area contributed by atoms with Crippen LogP contribution in [0, 0.1) is 0 Å². The second-order valence-corrected chi connectivity index (χ2v) is 2.23. The minimum Gasteiger partial charge on any atom is -0.290 e. The molecule has 4 heteroatoms. The number of nitrogens with one attached hydrogen (secondary N) is 2. The molecule has 0 spiro atoms. The maximum absolute atomic E-state index is 10.4. The first-order chi connectivity index (χ1) is 3.79. The van der Waals surface area contributed by atoms with Crippen molar-refractivity contribution in [3.63, 3.8) is 0 Å². The summed E-state index contributed by atoms with van der Waals surface area (Å²) in [6, 6.07) is 0. The highest BCUT2D eigenvalue weighted by molar-refractivity contribution is 6.20. The van der Waals surface area contributed by atoms with Gasteiger partial charge in [-0.1, -0.05) is 0 Å². The molecular formula is C4H7ClN2O. The highest BCUT2D eigenvalue weighted by Crippen LogP contribution is 2.03. The van der Waals surface area contributed by atoms with E-state index in [1.165, 1.54) is 0 Å². The second-order valence-electron chi connectivity index (χ2n) is 1.70. The molecule has 0 aromatic carbocycles. The second kappa shape index (κ2) is 2.33. The van der Waals surface area contributed by atoms with Gasteiger partial charge in [-0.05, 0) is 6.42 Å². The fourth-order valence-electron chi connectivity index (χ4n) is 0.551. The lowest BCUT2D eigenvalue weighted by Crippen LogP contribution is -2.46. The smallest absolute Gasteiger partial charge is 0.234 e. The summed E-state index contributed by atoms with van der Waals surface area (Å²) < 4.78 is 0. The van der Waals surface area contributed by atoms with Crippen molar-refractivity contribution < 1.29 is 4.79 Å².